The Kier molecular flexibility index (Phi) is 4.09. The van der Waals surface area contributed by atoms with Crippen LogP contribution in [0.4, 0.5) is 0 Å². The van der Waals surface area contributed by atoms with Crippen molar-refractivity contribution >= 4 is 17.5 Å². The van der Waals surface area contributed by atoms with E-state index < -0.39 is 5.91 Å². The standard InChI is InChI=1S/C20H17N5O2/c1-24-9-7-14(20(24)27)6-5-13-3-2-4-15(11-13)19-23-16(18(21)26)12-17-22-8-10-25(17)19/h2-4,8,10-12,14H,7,9H2,1H3,(H2,21,26). The van der Waals surface area contributed by atoms with E-state index in [-0.39, 0.29) is 17.5 Å². The Bertz CT molecular complexity index is 1120. The summed E-state index contributed by atoms with van der Waals surface area (Å²) in [7, 11) is 1.79. The number of likely N-dealkylation sites (tertiary alicyclic amines) is 1. The number of nitrogens with two attached hydrogens (primary N) is 1. The van der Waals surface area contributed by atoms with Crippen LogP contribution in [0, 0.1) is 17.8 Å². The molecule has 7 heteroatoms. The van der Waals surface area contributed by atoms with Crippen LogP contribution in [0.5, 0.6) is 0 Å². The number of primary amides is 1. The average Bonchev–Trinajstić information content (AvgIpc) is 3.27. The lowest BCUT2D eigenvalue weighted by Crippen LogP contribution is -2.21. The van der Waals surface area contributed by atoms with Gasteiger partial charge in [-0.05, 0) is 18.6 Å². The van der Waals surface area contributed by atoms with Crippen LogP contribution in [-0.4, -0.2) is 44.7 Å². The lowest BCUT2D eigenvalue weighted by atomic mass is 10.1. The molecule has 0 aliphatic carbocycles. The average molecular weight is 359 g/mol. The van der Waals surface area contributed by atoms with Gasteiger partial charge in [-0.2, -0.15) is 0 Å². The van der Waals surface area contributed by atoms with Crippen LogP contribution < -0.4 is 5.73 Å². The van der Waals surface area contributed by atoms with Gasteiger partial charge < -0.3 is 10.6 Å². The van der Waals surface area contributed by atoms with Crippen molar-refractivity contribution in [1.82, 2.24) is 19.3 Å². The van der Waals surface area contributed by atoms with Crippen molar-refractivity contribution in [3.8, 4) is 23.2 Å². The Balaban J connectivity index is 1.74. The first-order valence-electron chi connectivity index (χ1n) is 8.54. The second-order valence-corrected chi connectivity index (χ2v) is 6.44. The first-order valence-corrected chi connectivity index (χ1v) is 8.54. The van der Waals surface area contributed by atoms with E-state index in [1.54, 1.807) is 34.8 Å². The van der Waals surface area contributed by atoms with E-state index >= 15 is 0 Å². The Morgan fingerprint density at radius 2 is 2.19 bits per heavy atom. The molecular weight excluding hydrogens is 342 g/mol. The first kappa shape index (κ1) is 16.8. The number of hydrogen-bond donors (Lipinski definition) is 1. The van der Waals surface area contributed by atoms with E-state index in [9.17, 15) is 9.59 Å². The van der Waals surface area contributed by atoms with Crippen LogP contribution in [0.2, 0.25) is 0 Å². The maximum Gasteiger partial charge on any atom is 0.267 e. The van der Waals surface area contributed by atoms with E-state index in [1.807, 2.05) is 24.3 Å². The van der Waals surface area contributed by atoms with Crippen LogP contribution in [0.3, 0.4) is 0 Å². The lowest BCUT2D eigenvalue weighted by molar-refractivity contribution is -0.128. The summed E-state index contributed by atoms with van der Waals surface area (Å²) in [5.74, 6) is 5.90. The molecule has 1 saturated heterocycles. The molecule has 1 fully saturated rings. The van der Waals surface area contributed by atoms with Gasteiger partial charge in [0.15, 0.2) is 0 Å². The van der Waals surface area contributed by atoms with Gasteiger partial charge >= 0.3 is 0 Å². The summed E-state index contributed by atoms with van der Waals surface area (Å²) < 4.78 is 1.79. The quantitative estimate of drug-likeness (QED) is 0.699. The lowest BCUT2D eigenvalue weighted by Gasteiger charge is -2.07. The largest absolute Gasteiger partial charge is 0.364 e. The molecule has 4 rings (SSSR count). The van der Waals surface area contributed by atoms with Gasteiger partial charge in [0.2, 0.25) is 5.91 Å². The molecule has 0 bridgehead atoms. The fourth-order valence-electron chi connectivity index (χ4n) is 3.12. The van der Waals surface area contributed by atoms with Crippen molar-refractivity contribution < 1.29 is 9.59 Å². The van der Waals surface area contributed by atoms with Crippen LogP contribution >= 0.6 is 0 Å². The fourth-order valence-corrected chi connectivity index (χ4v) is 3.12. The molecule has 1 aromatic carbocycles. The van der Waals surface area contributed by atoms with Gasteiger partial charge in [-0.25, -0.2) is 9.97 Å². The summed E-state index contributed by atoms with van der Waals surface area (Å²) in [4.78, 5) is 33.9. The van der Waals surface area contributed by atoms with Crippen molar-refractivity contribution in [3.05, 3.63) is 54.0 Å². The van der Waals surface area contributed by atoms with E-state index in [4.69, 9.17) is 5.73 Å². The minimum Gasteiger partial charge on any atom is -0.364 e. The first-order chi connectivity index (χ1) is 13.0. The number of rotatable bonds is 2. The molecule has 134 valence electrons. The molecule has 1 aliphatic rings. The maximum absolute atomic E-state index is 12.0. The van der Waals surface area contributed by atoms with Crippen LogP contribution in [0.15, 0.2) is 42.7 Å². The highest BCUT2D eigenvalue weighted by Gasteiger charge is 2.27. The SMILES string of the molecule is CN1CCC(C#Cc2cccc(-c3nc(C(N)=O)cc4nccn34)c2)C1=O. The molecule has 1 unspecified atom stereocenters. The van der Waals surface area contributed by atoms with Crippen LogP contribution in [-0.2, 0) is 4.79 Å². The summed E-state index contributed by atoms with van der Waals surface area (Å²) in [5.41, 5.74) is 7.69. The summed E-state index contributed by atoms with van der Waals surface area (Å²) in [6, 6.07) is 9.05. The summed E-state index contributed by atoms with van der Waals surface area (Å²) in [6.45, 7) is 0.737. The predicted octanol–water partition coefficient (Wildman–Crippen LogP) is 1.32. The van der Waals surface area contributed by atoms with Gasteiger partial charge in [0.1, 0.15) is 23.1 Å². The van der Waals surface area contributed by atoms with Gasteiger partial charge in [0, 0.05) is 43.2 Å². The van der Waals surface area contributed by atoms with Gasteiger partial charge in [0.25, 0.3) is 5.91 Å². The van der Waals surface area contributed by atoms with E-state index in [0.29, 0.717) is 11.5 Å². The number of amides is 2. The fraction of sp³-hybridized carbons (Fsp3) is 0.200. The topological polar surface area (TPSA) is 93.6 Å². The van der Waals surface area contributed by atoms with Crippen molar-refractivity contribution in [2.24, 2.45) is 11.7 Å². The molecule has 1 atom stereocenters. The van der Waals surface area contributed by atoms with Crippen LogP contribution in [0.1, 0.15) is 22.5 Å². The maximum atomic E-state index is 12.0. The second-order valence-electron chi connectivity index (χ2n) is 6.44. The third-order valence-electron chi connectivity index (χ3n) is 4.58. The molecule has 2 aromatic heterocycles. The number of fused-ring (bicyclic) bond motifs is 1. The Morgan fingerprint density at radius 1 is 1.33 bits per heavy atom. The molecule has 0 spiro atoms. The molecule has 27 heavy (non-hydrogen) atoms. The van der Waals surface area contributed by atoms with Gasteiger partial charge in [-0.3, -0.25) is 14.0 Å². The number of carbonyl (C=O) groups excluding carboxylic acids is 2. The van der Waals surface area contributed by atoms with Crippen molar-refractivity contribution in [2.75, 3.05) is 13.6 Å². The van der Waals surface area contributed by atoms with E-state index in [1.165, 1.54) is 0 Å². The highest BCUT2D eigenvalue weighted by Crippen LogP contribution is 2.21. The third kappa shape index (κ3) is 3.13. The number of aromatic nitrogens is 3. The van der Waals surface area contributed by atoms with Crippen molar-refractivity contribution in [3.63, 3.8) is 0 Å². The number of imidazole rings is 1. The molecule has 7 nitrogen and oxygen atoms in total. The highest BCUT2D eigenvalue weighted by molar-refractivity contribution is 5.92. The minimum atomic E-state index is -0.610. The molecule has 3 aromatic rings. The number of nitrogens with zero attached hydrogens (tertiary/aromatic N) is 4. The van der Waals surface area contributed by atoms with Gasteiger partial charge in [-0.1, -0.05) is 24.0 Å². The van der Waals surface area contributed by atoms with Crippen molar-refractivity contribution in [2.45, 2.75) is 6.42 Å². The van der Waals surface area contributed by atoms with Gasteiger partial charge in [-0.15, -0.1) is 0 Å². The molecule has 3 heterocycles. The summed E-state index contributed by atoms with van der Waals surface area (Å²) in [6.07, 6.45) is 4.16. The smallest absolute Gasteiger partial charge is 0.267 e. The Morgan fingerprint density at radius 3 is 2.93 bits per heavy atom. The van der Waals surface area contributed by atoms with Crippen LogP contribution in [0.25, 0.3) is 17.0 Å². The minimum absolute atomic E-state index is 0.0644. The van der Waals surface area contributed by atoms with Gasteiger partial charge in [0.05, 0.1) is 0 Å². The Labute approximate surface area is 155 Å². The van der Waals surface area contributed by atoms with E-state index in [0.717, 1.165) is 24.1 Å². The van der Waals surface area contributed by atoms with Crippen molar-refractivity contribution in [1.29, 1.82) is 0 Å². The highest BCUT2D eigenvalue weighted by atomic mass is 16.2. The molecule has 0 saturated carbocycles. The zero-order valence-corrected chi connectivity index (χ0v) is 14.7. The summed E-state index contributed by atoms with van der Waals surface area (Å²) >= 11 is 0. The number of hydrogen-bond acceptors (Lipinski definition) is 4. The normalized spacial score (nSPS) is 16.4. The molecular formula is C20H17N5O2. The van der Waals surface area contributed by atoms with E-state index in [2.05, 4.69) is 21.8 Å². The zero-order chi connectivity index (χ0) is 19.0. The third-order valence-corrected chi connectivity index (χ3v) is 4.58. The molecule has 2 N–H and O–H groups in total. The zero-order valence-electron chi connectivity index (χ0n) is 14.7. The molecule has 1 aliphatic heterocycles. The summed E-state index contributed by atoms with van der Waals surface area (Å²) in [5, 5.41) is 0. The monoisotopic (exact) mass is 359 g/mol. The Hall–Kier alpha value is -3.66. The number of benzene rings is 1. The molecule has 2 amide bonds. The second kappa shape index (κ2) is 6.57. The molecule has 0 radical (unpaired) electrons. The number of carbonyl (C=O) groups is 2. The predicted molar refractivity (Wildman–Crippen MR) is 99.6 cm³/mol.